The van der Waals surface area contributed by atoms with E-state index in [1.807, 2.05) is 72.3 Å². The van der Waals surface area contributed by atoms with E-state index in [1.165, 1.54) is 4.90 Å². The van der Waals surface area contributed by atoms with Crippen LogP contribution in [0.2, 0.25) is 0 Å². The summed E-state index contributed by atoms with van der Waals surface area (Å²) < 4.78 is 13.8. The predicted octanol–water partition coefficient (Wildman–Crippen LogP) is 5.41. The van der Waals surface area contributed by atoms with Gasteiger partial charge in [0.05, 0.1) is 35.7 Å². The van der Waals surface area contributed by atoms with E-state index in [2.05, 4.69) is 4.98 Å². The van der Waals surface area contributed by atoms with E-state index in [4.69, 9.17) is 14.6 Å². The number of aromatic nitrogens is 3. The minimum absolute atomic E-state index is 0.122. The molecule has 0 aliphatic carbocycles. The number of carboxylic acid groups (broad SMARTS) is 1. The molecule has 3 heterocycles. The van der Waals surface area contributed by atoms with Crippen LogP contribution >= 0.6 is 0 Å². The third kappa shape index (κ3) is 5.64. The highest BCUT2D eigenvalue weighted by Crippen LogP contribution is 2.35. The van der Waals surface area contributed by atoms with E-state index >= 15 is 0 Å². The van der Waals surface area contributed by atoms with Gasteiger partial charge >= 0.3 is 6.09 Å². The summed E-state index contributed by atoms with van der Waals surface area (Å²) in [6.45, 7) is 5.01. The van der Waals surface area contributed by atoms with E-state index in [0.29, 0.717) is 48.9 Å². The first-order valence-electron chi connectivity index (χ1n) is 12.9. The normalized spacial score (nSPS) is 16.6. The maximum absolute atomic E-state index is 11.8. The van der Waals surface area contributed by atoms with Gasteiger partial charge in [-0.3, -0.25) is 0 Å². The van der Waals surface area contributed by atoms with E-state index in [0.717, 1.165) is 22.9 Å². The van der Waals surface area contributed by atoms with Crippen molar-refractivity contribution in [2.45, 2.75) is 51.7 Å². The third-order valence-corrected chi connectivity index (χ3v) is 6.70. The molecule has 2 N–H and O–H groups in total. The van der Waals surface area contributed by atoms with Crippen LogP contribution in [0.5, 0.6) is 5.75 Å². The number of fused-ring (bicyclic) bond motifs is 1. The SMILES string of the molecule is CC(O)c1cccc(-c2nn(C3CCO3)c3ccc(O[C@H](C)CCN(Cc4ccccc4)C(=O)O)cc23)n1. The Hall–Kier alpha value is -3.95. The molecule has 9 heteroatoms. The first-order chi connectivity index (χ1) is 18.4. The van der Waals surface area contributed by atoms with Gasteiger partial charge in [0.25, 0.3) is 0 Å². The molecule has 2 aromatic carbocycles. The first-order valence-corrected chi connectivity index (χ1v) is 12.9. The molecule has 1 fully saturated rings. The smallest absolute Gasteiger partial charge is 0.407 e. The highest BCUT2D eigenvalue weighted by Gasteiger charge is 2.26. The molecule has 0 bridgehead atoms. The molecule has 1 saturated heterocycles. The fraction of sp³-hybridized carbons (Fsp3) is 0.345. The Kier molecular flexibility index (Phi) is 7.57. The second kappa shape index (κ2) is 11.2. The lowest BCUT2D eigenvalue weighted by molar-refractivity contribution is -0.104. The Morgan fingerprint density at radius 1 is 1.16 bits per heavy atom. The number of hydrogen-bond acceptors (Lipinski definition) is 6. The van der Waals surface area contributed by atoms with Crippen LogP contribution in [0.1, 0.15) is 50.3 Å². The Morgan fingerprint density at radius 2 is 1.95 bits per heavy atom. The number of benzene rings is 2. The number of pyridine rings is 1. The van der Waals surface area contributed by atoms with Gasteiger partial charge in [0.2, 0.25) is 0 Å². The standard InChI is InChI=1S/C29H32N4O5/c1-19(13-15-32(29(35)36)18-21-7-4-3-5-8-21)38-22-11-12-26-23(17-22)28(31-33(26)27-14-16-37-27)25-10-6-9-24(30-25)20(2)34/h3-12,17,19-20,27,34H,13-16,18H2,1-2H3,(H,35,36)/t19-,20?,27?/m1/s1. The third-order valence-electron chi connectivity index (χ3n) is 6.70. The molecule has 1 aliphatic heterocycles. The summed E-state index contributed by atoms with van der Waals surface area (Å²) >= 11 is 0. The van der Waals surface area contributed by atoms with Gasteiger partial charge in [-0.25, -0.2) is 14.5 Å². The summed E-state index contributed by atoms with van der Waals surface area (Å²) in [4.78, 5) is 17.8. The van der Waals surface area contributed by atoms with Crippen molar-refractivity contribution in [3.05, 3.63) is 78.0 Å². The van der Waals surface area contributed by atoms with Crippen molar-refractivity contribution >= 4 is 17.0 Å². The summed E-state index contributed by atoms with van der Waals surface area (Å²) in [5, 5.41) is 25.4. The Balaban J connectivity index is 1.35. The van der Waals surface area contributed by atoms with Crippen LogP contribution in [0.15, 0.2) is 66.7 Å². The van der Waals surface area contributed by atoms with Gasteiger partial charge in [-0.15, -0.1) is 0 Å². The van der Waals surface area contributed by atoms with Crippen molar-refractivity contribution in [1.29, 1.82) is 0 Å². The molecule has 9 nitrogen and oxygen atoms in total. The Morgan fingerprint density at radius 3 is 2.63 bits per heavy atom. The Labute approximate surface area is 221 Å². The average molecular weight is 517 g/mol. The van der Waals surface area contributed by atoms with Crippen LogP contribution in [-0.4, -0.2) is 55.2 Å². The number of rotatable bonds is 10. The van der Waals surface area contributed by atoms with Crippen molar-refractivity contribution in [2.24, 2.45) is 0 Å². The number of ether oxygens (including phenoxy) is 2. The molecular weight excluding hydrogens is 484 g/mol. The van der Waals surface area contributed by atoms with E-state index in [9.17, 15) is 15.0 Å². The lowest BCUT2D eigenvalue weighted by Gasteiger charge is -2.27. The number of carbonyl (C=O) groups is 1. The number of aliphatic hydroxyl groups excluding tert-OH is 1. The number of nitrogens with zero attached hydrogens (tertiary/aromatic N) is 4. The summed E-state index contributed by atoms with van der Waals surface area (Å²) in [7, 11) is 0. The monoisotopic (exact) mass is 516 g/mol. The molecule has 38 heavy (non-hydrogen) atoms. The molecule has 0 radical (unpaired) electrons. The van der Waals surface area contributed by atoms with Crippen molar-refractivity contribution < 1.29 is 24.5 Å². The zero-order valence-corrected chi connectivity index (χ0v) is 21.5. The van der Waals surface area contributed by atoms with Gasteiger partial charge in [-0.2, -0.15) is 5.10 Å². The molecule has 3 atom stereocenters. The summed E-state index contributed by atoms with van der Waals surface area (Å²) in [5.74, 6) is 0.664. The minimum Gasteiger partial charge on any atom is -0.491 e. The van der Waals surface area contributed by atoms with E-state index < -0.39 is 12.2 Å². The van der Waals surface area contributed by atoms with Gasteiger partial charge in [0, 0.05) is 31.3 Å². The number of aliphatic hydroxyl groups is 1. The quantitative estimate of drug-likeness (QED) is 0.290. The minimum atomic E-state index is -0.954. The van der Waals surface area contributed by atoms with Crippen molar-refractivity contribution in [3.63, 3.8) is 0 Å². The summed E-state index contributed by atoms with van der Waals surface area (Å²) in [6, 6.07) is 20.9. The highest BCUT2D eigenvalue weighted by atomic mass is 16.5. The first kappa shape index (κ1) is 25.7. The van der Waals surface area contributed by atoms with Crippen LogP contribution in [0, 0.1) is 0 Å². The van der Waals surface area contributed by atoms with Crippen molar-refractivity contribution in [1.82, 2.24) is 19.7 Å². The second-order valence-electron chi connectivity index (χ2n) is 9.62. The number of amides is 1. The fourth-order valence-electron chi connectivity index (χ4n) is 4.51. The average Bonchev–Trinajstić information content (AvgIpc) is 3.24. The van der Waals surface area contributed by atoms with E-state index in [-0.39, 0.29) is 12.3 Å². The fourth-order valence-corrected chi connectivity index (χ4v) is 4.51. The van der Waals surface area contributed by atoms with Gasteiger partial charge < -0.3 is 24.6 Å². The molecule has 2 unspecified atom stereocenters. The van der Waals surface area contributed by atoms with Crippen LogP contribution in [0.4, 0.5) is 4.79 Å². The zero-order valence-electron chi connectivity index (χ0n) is 21.5. The lowest BCUT2D eigenvalue weighted by Crippen LogP contribution is -2.32. The van der Waals surface area contributed by atoms with Crippen LogP contribution in [-0.2, 0) is 11.3 Å². The highest BCUT2D eigenvalue weighted by molar-refractivity contribution is 5.93. The molecule has 198 valence electrons. The molecule has 0 spiro atoms. The second-order valence-corrected chi connectivity index (χ2v) is 9.62. The van der Waals surface area contributed by atoms with Gasteiger partial charge in [0.1, 0.15) is 11.4 Å². The summed E-state index contributed by atoms with van der Waals surface area (Å²) in [6.07, 6.45) is -0.555. The lowest BCUT2D eigenvalue weighted by atomic mass is 10.1. The molecule has 1 aliphatic rings. The van der Waals surface area contributed by atoms with Gasteiger partial charge in [-0.05, 0) is 49.7 Å². The predicted molar refractivity (Wildman–Crippen MR) is 143 cm³/mol. The maximum Gasteiger partial charge on any atom is 0.407 e. The van der Waals surface area contributed by atoms with Crippen LogP contribution < -0.4 is 4.74 Å². The van der Waals surface area contributed by atoms with Crippen molar-refractivity contribution in [2.75, 3.05) is 13.2 Å². The van der Waals surface area contributed by atoms with Gasteiger partial charge in [-0.1, -0.05) is 36.4 Å². The summed E-state index contributed by atoms with van der Waals surface area (Å²) in [5.41, 5.74) is 3.78. The van der Waals surface area contributed by atoms with Crippen LogP contribution in [0.3, 0.4) is 0 Å². The maximum atomic E-state index is 11.8. The molecule has 5 rings (SSSR count). The zero-order chi connectivity index (χ0) is 26.6. The van der Waals surface area contributed by atoms with Crippen molar-refractivity contribution in [3.8, 4) is 17.1 Å². The molecule has 1 amide bonds. The molecule has 2 aromatic heterocycles. The van der Waals surface area contributed by atoms with Gasteiger partial charge in [0.15, 0.2) is 6.23 Å². The molecule has 0 saturated carbocycles. The van der Waals surface area contributed by atoms with Crippen LogP contribution in [0.25, 0.3) is 22.3 Å². The van der Waals surface area contributed by atoms with E-state index in [1.54, 1.807) is 13.0 Å². The number of hydrogen-bond donors (Lipinski definition) is 2. The molecule has 4 aromatic rings. The topological polar surface area (TPSA) is 110 Å². The molecular formula is C29H32N4O5. The Bertz CT molecular complexity index is 1400. The largest absolute Gasteiger partial charge is 0.491 e.